The van der Waals surface area contributed by atoms with Gasteiger partial charge in [-0.2, -0.15) is 10.5 Å². The van der Waals surface area contributed by atoms with Gasteiger partial charge in [0.05, 0.1) is 12.1 Å². The average Bonchev–Trinajstić information content (AvgIpc) is 3.15. The zero-order valence-corrected chi connectivity index (χ0v) is 15.0. The largest absolute Gasteiger partial charge is 0.386 e. The van der Waals surface area contributed by atoms with E-state index in [-0.39, 0.29) is 11.7 Å². The van der Waals surface area contributed by atoms with E-state index in [0.29, 0.717) is 0 Å². The molecule has 1 aliphatic heterocycles. The van der Waals surface area contributed by atoms with Crippen molar-refractivity contribution in [2.24, 2.45) is 21.6 Å². The van der Waals surface area contributed by atoms with E-state index in [1.807, 2.05) is 13.8 Å². The predicted octanol–water partition coefficient (Wildman–Crippen LogP) is 3.47. The van der Waals surface area contributed by atoms with E-state index >= 15 is 0 Å². The molecule has 0 unspecified atom stereocenters. The van der Waals surface area contributed by atoms with Crippen molar-refractivity contribution in [3.05, 3.63) is 35.6 Å². The van der Waals surface area contributed by atoms with Crippen molar-refractivity contribution in [1.82, 2.24) is 0 Å². The first-order valence-corrected chi connectivity index (χ1v) is 9.68. The fourth-order valence-electron chi connectivity index (χ4n) is 3.90. The summed E-state index contributed by atoms with van der Waals surface area (Å²) in [6.45, 7) is 4.00. The van der Waals surface area contributed by atoms with Crippen LogP contribution in [0.4, 0.5) is 4.39 Å². The van der Waals surface area contributed by atoms with E-state index in [0.717, 1.165) is 17.1 Å². The molecule has 0 saturated heterocycles. The van der Waals surface area contributed by atoms with Crippen molar-refractivity contribution in [3.8, 4) is 12.1 Å². The third-order valence-electron chi connectivity index (χ3n) is 4.81. The summed E-state index contributed by atoms with van der Waals surface area (Å²) >= 11 is 3.10. The molecule has 0 bridgehead atoms. The highest BCUT2D eigenvalue weighted by atomic mass is 32.2. The summed E-state index contributed by atoms with van der Waals surface area (Å²) in [5.41, 5.74) is 4.79. The summed E-state index contributed by atoms with van der Waals surface area (Å²) in [5.74, 6) is 0.995. The first-order valence-electron chi connectivity index (χ1n) is 7.71. The van der Waals surface area contributed by atoms with Gasteiger partial charge in [0, 0.05) is 5.92 Å². The van der Waals surface area contributed by atoms with Crippen LogP contribution >= 0.6 is 23.5 Å². The predicted molar refractivity (Wildman–Crippen MR) is 95.9 cm³/mol. The number of aliphatic imine (C=N–C) groups is 1. The molecule has 1 fully saturated rings. The monoisotopic (exact) mass is 360 g/mol. The molecule has 3 rings (SSSR count). The first kappa shape index (κ1) is 17.1. The average molecular weight is 360 g/mol. The Morgan fingerprint density at radius 1 is 1.17 bits per heavy atom. The van der Waals surface area contributed by atoms with E-state index in [4.69, 9.17) is 5.73 Å². The molecule has 1 saturated carbocycles. The Balaban J connectivity index is 2.21. The topological polar surface area (TPSA) is 86.0 Å². The maximum atomic E-state index is 13.3. The molecule has 1 aromatic rings. The second-order valence-electron chi connectivity index (χ2n) is 5.77. The molecule has 24 heavy (non-hydrogen) atoms. The molecule has 3 atom stereocenters. The number of thioether (sulfide) groups is 2. The minimum Gasteiger partial charge on any atom is -0.386 e. The van der Waals surface area contributed by atoms with Crippen molar-refractivity contribution in [2.45, 2.75) is 24.0 Å². The highest BCUT2D eigenvalue weighted by Crippen LogP contribution is 2.85. The lowest BCUT2D eigenvalue weighted by molar-refractivity contribution is 0.563. The van der Waals surface area contributed by atoms with E-state index in [2.05, 4.69) is 17.1 Å². The molecule has 1 heterocycles. The molecule has 1 aromatic carbocycles. The zero-order valence-electron chi connectivity index (χ0n) is 13.4. The summed E-state index contributed by atoms with van der Waals surface area (Å²) in [6, 6.07) is 10.7. The van der Waals surface area contributed by atoms with E-state index in [1.54, 1.807) is 35.7 Å². The second kappa shape index (κ2) is 5.68. The zero-order chi connectivity index (χ0) is 17.6. The van der Waals surface area contributed by atoms with Gasteiger partial charge in [-0.05, 0) is 29.2 Å². The molecule has 7 heteroatoms. The van der Waals surface area contributed by atoms with Crippen LogP contribution in [0.25, 0.3) is 0 Å². The molecule has 4 nitrogen and oxygen atoms in total. The summed E-state index contributed by atoms with van der Waals surface area (Å²) in [4.78, 5) is 4.61. The Labute approximate surface area is 149 Å². The van der Waals surface area contributed by atoms with Crippen LogP contribution in [-0.4, -0.2) is 21.5 Å². The first-order chi connectivity index (χ1) is 11.5. The van der Waals surface area contributed by atoms with Gasteiger partial charge in [0.1, 0.15) is 22.5 Å². The van der Waals surface area contributed by atoms with Gasteiger partial charge in [-0.1, -0.05) is 26.0 Å². The number of halogens is 1. The minimum atomic E-state index is -1.14. The smallest absolute Gasteiger partial charge is 0.175 e. The van der Waals surface area contributed by atoms with Crippen LogP contribution in [0.1, 0.15) is 25.3 Å². The molecule has 2 aliphatic rings. The summed E-state index contributed by atoms with van der Waals surface area (Å²) < 4.78 is 12.5. The molecule has 2 N–H and O–H groups in total. The SMILES string of the molecule is CCSC1(SCC)N=C(N)[C@]2(C#N)[C@@H](c3ccc(F)cc3)[C@]12C#N. The van der Waals surface area contributed by atoms with Crippen LogP contribution in [0.2, 0.25) is 0 Å². The molecule has 1 aliphatic carbocycles. The minimum absolute atomic E-state index is 0.225. The number of rotatable bonds is 5. The molecule has 124 valence electrons. The van der Waals surface area contributed by atoms with E-state index < -0.39 is 21.0 Å². The molecule has 0 spiro atoms. The third kappa shape index (κ3) is 1.77. The third-order valence-corrected chi connectivity index (χ3v) is 7.70. The fraction of sp³-hybridized carbons (Fsp3) is 0.471. The molecular formula is C17H17FN4S2. The van der Waals surface area contributed by atoms with Gasteiger partial charge < -0.3 is 5.73 Å². The molecule has 0 amide bonds. The molecular weight excluding hydrogens is 343 g/mol. The maximum absolute atomic E-state index is 13.3. The van der Waals surface area contributed by atoms with Gasteiger partial charge in [0.15, 0.2) is 4.20 Å². The van der Waals surface area contributed by atoms with Gasteiger partial charge in [-0.15, -0.1) is 23.5 Å². The van der Waals surface area contributed by atoms with Gasteiger partial charge in [-0.3, -0.25) is 0 Å². The number of nitriles is 2. The van der Waals surface area contributed by atoms with Gasteiger partial charge in [-0.25, -0.2) is 9.38 Å². The number of benzene rings is 1. The Bertz CT molecular complexity index is 773. The number of nitrogens with two attached hydrogens (primary N) is 1. The van der Waals surface area contributed by atoms with Crippen molar-refractivity contribution in [2.75, 3.05) is 11.5 Å². The Morgan fingerprint density at radius 3 is 2.21 bits per heavy atom. The highest BCUT2D eigenvalue weighted by Gasteiger charge is 2.91. The Hall–Kier alpha value is -1.70. The van der Waals surface area contributed by atoms with Gasteiger partial charge in [0.2, 0.25) is 0 Å². The number of fused-ring (bicyclic) bond motifs is 1. The summed E-state index contributed by atoms with van der Waals surface area (Å²) in [6.07, 6.45) is 0. The lowest BCUT2D eigenvalue weighted by Gasteiger charge is -2.31. The molecule has 0 radical (unpaired) electrons. The van der Waals surface area contributed by atoms with E-state index in [1.165, 1.54) is 12.1 Å². The van der Waals surface area contributed by atoms with Crippen LogP contribution in [0.5, 0.6) is 0 Å². The Morgan fingerprint density at radius 2 is 1.75 bits per heavy atom. The number of hydrogen-bond acceptors (Lipinski definition) is 6. The highest BCUT2D eigenvalue weighted by molar-refractivity contribution is 8.18. The van der Waals surface area contributed by atoms with Crippen LogP contribution in [0, 0.1) is 39.3 Å². The Kier molecular flexibility index (Phi) is 4.06. The summed E-state index contributed by atoms with van der Waals surface area (Å²) in [7, 11) is 0. The van der Waals surface area contributed by atoms with Crippen molar-refractivity contribution in [3.63, 3.8) is 0 Å². The molecule has 0 aromatic heterocycles. The van der Waals surface area contributed by atoms with Crippen molar-refractivity contribution < 1.29 is 4.39 Å². The normalized spacial score (nSPS) is 32.4. The van der Waals surface area contributed by atoms with Gasteiger partial charge in [0.25, 0.3) is 0 Å². The summed E-state index contributed by atoms with van der Waals surface area (Å²) in [5, 5.41) is 20.1. The van der Waals surface area contributed by atoms with Crippen molar-refractivity contribution in [1.29, 1.82) is 10.5 Å². The van der Waals surface area contributed by atoms with Crippen LogP contribution in [0.3, 0.4) is 0 Å². The number of amidine groups is 1. The number of hydrogen-bond donors (Lipinski definition) is 1. The van der Waals surface area contributed by atoms with Crippen LogP contribution in [-0.2, 0) is 0 Å². The number of nitrogens with zero attached hydrogens (tertiary/aromatic N) is 3. The fourth-order valence-corrected chi connectivity index (χ4v) is 7.16. The van der Waals surface area contributed by atoms with Crippen LogP contribution < -0.4 is 5.73 Å². The van der Waals surface area contributed by atoms with E-state index in [9.17, 15) is 14.9 Å². The maximum Gasteiger partial charge on any atom is 0.175 e. The second-order valence-corrected chi connectivity index (χ2v) is 8.94. The standard InChI is InChI=1S/C17H17FN4S2/c1-3-23-17(24-4-2)16(10-20)13(11-5-7-12(18)8-6-11)15(16,9-19)14(21)22-17/h5-8,13H,3-4H2,1-2H3,(H2,21,22)/t13-,15+,16+/m1/s1. The van der Waals surface area contributed by atoms with Crippen LogP contribution in [0.15, 0.2) is 29.3 Å². The lowest BCUT2D eigenvalue weighted by Crippen LogP contribution is -2.31. The van der Waals surface area contributed by atoms with Gasteiger partial charge >= 0.3 is 0 Å². The quantitative estimate of drug-likeness (QED) is 0.813. The van der Waals surface area contributed by atoms with Crippen molar-refractivity contribution >= 4 is 29.4 Å². The lowest BCUT2D eigenvalue weighted by atomic mass is 9.97.